The third kappa shape index (κ3) is 4.80. The van der Waals surface area contributed by atoms with Crippen molar-refractivity contribution in [1.29, 1.82) is 0 Å². The highest BCUT2D eigenvalue weighted by Gasteiger charge is 2.30. The molecule has 2 aromatic heterocycles. The van der Waals surface area contributed by atoms with Gasteiger partial charge in [-0.05, 0) is 40.1 Å². The molecule has 0 atom stereocenters. The Morgan fingerprint density at radius 1 is 1.20 bits per heavy atom. The second-order valence-corrected chi connectivity index (χ2v) is 6.80. The molecule has 3 N–H and O–H groups in total. The number of halogens is 3. The lowest BCUT2D eigenvalue weighted by atomic mass is 10.1. The number of benzene rings is 2. The van der Waals surface area contributed by atoms with Crippen molar-refractivity contribution < 1.29 is 27.5 Å². The SMILES string of the molecule is Nc1nonc1-n1nnc(C(=O)N/N=C/c2cccc(C(F)(F)F)c2)c1-c1ccc([N+](=O)[O-])cc1. The Morgan fingerprint density at radius 2 is 1.94 bits per heavy atom. The van der Waals surface area contributed by atoms with Crippen LogP contribution in [0, 0.1) is 10.1 Å². The highest BCUT2D eigenvalue weighted by molar-refractivity contribution is 5.98. The zero-order chi connectivity index (χ0) is 25.2. The molecule has 16 heteroatoms. The highest BCUT2D eigenvalue weighted by Crippen LogP contribution is 2.30. The van der Waals surface area contributed by atoms with E-state index in [0.717, 1.165) is 23.0 Å². The van der Waals surface area contributed by atoms with Crippen LogP contribution in [0.3, 0.4) is 0 Å². The Hall–Kier alpha value is -5.15. The molecule has 0 bridgehead atoms. The van der Waals surface area contributed by atoms with Crippen LogP contribution in [0.15, 0.2) is 58.3 Å². The van der Waals surface area contributed by atoms with Gasteiger partial charge in [-0.1, -0.05) is 17.3 Å². The highest BCUT2D eigenvalue weighted by atomic mass is 19.4. The van der Waals surface area contributed by atoms with Gasteiger partial charge >= 0.3 is 6.18 Å². The molecule has 0 saturated carbocycles. The maximum Gasteiger partial charge on any atom is 0.416 e. The molecule has 0 saturated heterocycles. The van der Waals surface area contributed by atoms with Gasteiger partial charge in [0.2, 0.25) is 11.6 Å². The smallest absolute Gasteiger partial charge is 0.378 e. The number of carbonyl (C=O) groups is 1. The van der Waals surface area contributed by atoms with E-state index in [1.807, 2.05) is 0 Å². The van der Waals surface area contributed by atoms with Gasteiger partial charge in [0.05, 0.1) is 16.7 Å². The first kappa shape index (κ1) is 23.0. The minimum atomic E-state index is -4.54. The summed E-state index contributed by atoms with van der Waals surface area (Å²) in [5, 5.41) is 29.3. The van der Waals surface area contributed by atoms with Gasteiger partial charge in [0.1, 0.15) is 5.69 Å². The van der Waals surface area contributed by atoms with E-state index < -0.39 is 22.6 Å². The monoisotopic (exact) mass is 487 g/mol. The fraction of sp³-hybridized carbons (Fsp3) is 0.0526. The molecule has 2 heterocycles. The van der Waals surface area contributed by atoms with Gasteiger partial charge in [-0.15, -0.1) is 5.10 Å². The van der Waals surface area contributed by atoms with Crippen LogP contribution in [-0.2, 0) is 6.18 Å². The number of nitro groups is 1. The molecule has 4 aromatic rings. The minimum Gasteiger partial charge on any atom is -0.378 e. The Bertz CT molecular complexity index is 1430. The lowest BCUT2D eigenvalue weighted by Crippen LogP contribution is -2.19. The first-order valence-corrected chi connectivity index (χ1v) is 9.44. The van der Waals surface area contributed by atoms with E-state index in [1.165, 1.54) is 36.4 Å². The van der Waals surface area contributed by atoms with Crippen LogP contribution >= 0.6 is 0 Å². The van der Waals surface area contributed by atoms with Crippen LogP contribution in [0.1, 0.15) is 21.6 Å². The predicted octanol–water partition coefficient (Wildman–Crippen LogP) is 2.59. The summed E-state index contributed by atoms with van der Waals surface area (Å²) in [6.45, 7) is 0. The standard InChI is InChI=1S/C19H12F3N9O4/c20-19(21,22)12-3-1-2-10(8-12)9-24-26-18(32)14-15(11-4-6-13(7-5-11)31(33)34)30(29-25-14)17-16(23)27-35-28-17/h1-9H,(H2,23,27)(H,26,32)/b24-9+. The van der Waals surface area contributed by atoms with Crippen LogP contribution in [0.4, 0.5) is 24.7 Å². The molecular formula is C19H12F3N9O4. The van der Waals surface area contributed by atoms with Crippen molar-refractivity contribution in [3.63, 3.8) is 0 Å². The van der Waals surface area contributed by atoms with Crippen molar-refractivity contribution in [1.82, 2.24) is 30.7 Å². The second-order valence-electron chi connectivity index (χ2n) is 6.80. The van der Waals surface area contributed by atoms with Crippen LogP contribution in [0.2, 0.25) is 0 Å². The maximum atomic E-state index is 12.9. The summed E-state index contributed by atoms with van der Waals surface area (Å²) in [4.78, 5) is 23.1. The summed E-state index contributed by atoms with van der Waals surface area (Å²) in [7, 11) is 0. The van der Waals surface area contributed by atoms with Gasteiger partial charge in [0.15, 0.2) is 5.69 Å². The van der Waals surface area contributed by atoms with E-state index >= 15 is 0 Å². The average Bonchev–Trinajstić information content (AvgIpc) is 3.44. The zero-order valence-electron chi connectivity index (χ0n) is 17.2. The Balaban J connectivity index is 1.66. The number of carbonyl (C=O) groups excluding carboxylic acids is 1. The zero-order valence-corrected chi connectivity index (χ0v) is 17.2. The molecule has 2 aromatic carbocycles. The summed E-state index contributed by atoms with van der Waals surface area (Å²) < 4.78 is 44.2. The summed E-state index contributed by atoms with van der Waals surface area (Å²) in [6, 6.07) is 9.41. The molecule has 0 aliphatic heterocycles. The van der Waals surface area contributed by atoms with E-state index in [1.54, 1.807) is 0 Å². The van der Waals surface area contributed by atoms with E-state index in [-0.39, 0.29) is 39.8 Å². The number of nitrogens with zero attached hydrogens (tertiary/aromatic N) is 7. The predicted molar refractivity (Wildman–Crippen MR) is 112 cm³/mol. The summed E-state index contributed by atoms with van der Waals surface area (Å²) in [5.74, 6) is -1.16. The first-order valence-electron chi connectivity index (χ1n) is 9.44. The van der Waals surface area contributed by atoms with Crippen molar-refractivity contribution in [2.75, 3.05) is 5.73 Å². The number of nitrogens with one attached hydrogen (secondary N) is 1. The molecule has 0 fully saturated rings. The molecule has 35 heavy (non-hydrogen) atoms. The molecule has 0 aliphatic carbocycles. The van der Waals surface area contributed by atoms with E-state index in [0.29, 0.717) is 0 Å². The molecule has 0 unspecified atom stereocenters. The maximum absolute atomic E-state index is 12.9. The second kappa shape index (κ2) is 9.00. The van der Waals surface area contributed by atoms with Crippen LogP contribution in [0.25, 0.3) is 17.1 Å². The molecule has 0 radical (unpaired) electrons. The first-order chi connectivity index (χ1) is 16.6. The third-order valence-corrected chi connectivity index (χ3v) is 4.53. The van der Waals surface area contributed by atoms with Gasteiger partial charge in [-0.25, -0.2) is 10.1 Å². The van der Waals surface area contributed by atoms with Gasteiger partial charge in [-0.2, -0.15) is 23.0 Å². The topological polar surface area (TPSA) is 180 Å². The minimum absolute atomic E-state index is 0.0223. The van der Waals surface area contributed by atoms with E-state index in [4.69, 9.17) is 5.73 Å². The number of hydrogen-bond donors (Lipinski definition) is 2. The van der Waals surface area contributed by atoms with Crippen LogP contribution in [0.5, 0.6) is 0 Å². The van der Waals surface area contributed by atoms with E-state index in [9.17, 15) is 28.1 Å². The molecule has 0 aliphatic rings. The third-order valence-electron chi connectivity index (χ3n) is 4.53. The average molecular weight is 487 g/mol. The lowest BCUT2D eigenvalue weighted by Gasteiger charge is -2.07. The van der Waals surface area contributed by atoms with Gasteiger partial charge in [0, 0.05) is 17.7 Å². The lowest BCUT2D eigenvalue weighted by molar-refractivity contribution is -0.384. The number of hydrogen-bond acceptors (Lipinski definition) is 10. The number of hydrazone groups is 1. The molecule has 4 rings (SSSR count). The number of nitro benzene ring substituents is 1. The molecule has 0 spiro atoms. The Morgan fingerprint density at radius 3 is 2.57 bits per heavy atom. The van der Waals surface area contributed by atoms with Crippen LogP contribution < -0.4 is 11.2 Å². The largest absolute Gasteiger partial charge is 0.416 e. The number of alkyl halides is 3. The molecular weight excluding hydrogens is 475 g/mol. The van der Waals surface area contributed by atoms with Gasteiger partial charge in [0.25, 0.3) is 11.6 Å². The van der Waals surface area contributed by atoms with Crippen molar-refractivity contribution in [3.05, 3.63) is 75.5 Å². The number of non-ortho nitro benzene ring substituents is 1. The normalized spacial score (nSPS) is 11.6. The molecule has 13 nitrogen and oxygen atoms in total. The summed E-state index contributed by atoms with van der Waals surface area (Å²) in [6.07, 6.45) is -3.52. The van der Waals surface area contributed by atoms with Crippen LogP contribution in [-0.4, -0.2) is 42.4 Å². The fourth-order valence-electron chi connectivity index (χ4n) is 2.93. The van der Waals surface area contributed by atoms with Gasteiger partial charge < -0.3 is 5.73 Å². The molecule has 178 valence electrons. The molecule has 1 amide bonds. The van der Waals surface area contributed by atoms with E-state index in [2.05, 4.69) is 35.8 Å². The van der Waals surface area contributed by atoms with Gasteiger partial charge in [-0.3, -0.25) is 14.9 Å². The Labute approximate surface area is 192 Å². The van der Waals surface area contributed by atoms with Crippen molar-refractivity contribution >= 4 is 23.6 Å². The number of anilines is 1. The summed E-state index contributed by atoms with van der Waals surface area (Å²) in [5.41, 5.74) is 6.87. The fourth-order valence-corrected chi connectivity index (χ4v) is 2.93. The van der Waals surface area contributed by atoms with Crippen molar-refractivity contribution in [3.8, 4) is 17.1 Å². The number of aromatic nitrogens is 5. The van der Waals surface area contributed by atoms with Crippen molar-refractivity contribution in [2.24, 2.45) is 5.10 Å². The van der Waals surface area contributed by atoms with Crippen molar-refractivity contribution in [2.45, 2.75) is 6.18 Å². The Kier molecular flexibility index (Phi) is 5.92. The summed E-state index contributed by atoms with van der Waals surface area (Å²) >= 11 is 0. The number of rotatable bonds is 6. The quantitative estimate of drug-likeness (QED) is 0.235. The number of nitrogen functional groups attached to an aromatic ring is 1. The number of amides is 1. The number of nitrogens with two attached hydrogens (primary N) is 1.